The lowest BCUT2D eigenvalue weighted by Crippen LogP contribution is -2.29. The summed E-state index contributed by atoms with van der Waals surface area (Å²) in [7, 11) is 0. The van der Waals surface area contributed by atoms with Gasteiger partial charge in [0.15, 0.2) is 0 Å². The summed E-state index contributed by atoms with van der Waals surface area (Å²) in [5.74, 6) is 0.559. The van der Waals surface area contributed by atoms with E-state index >= 15 is 0 Å². The largest absolute Gasteiger partial charge is 0.465 e. The predicted octanol–water partition coefficient (Wildman–Crippen LogP) is 8.36. The quantitative estimate of drug-likeness (QED) is 0.185. The van der Waals surface area contributed by atoms with E-state index in [0.717, 1.165) is 38.5 Å². The third-order valence-corrected chi connectivity index (χ3v) is 7.16. The second kappa shape index (κ2) is 15.1. The van der Waals surface area contributed by atoms with Crippen molar-refractivity contribution in [1.29, 1.82) is 0 Å². The number of carbonyl (C=O) groups excluding carboxylic acids is 2. The van der Waals surface area contributed by atoms with Crippen molar-refractivity contribution in [2.45, 2.75) is 132 Å². The maximum absolute atomic E-state index is 12.5. The smallest absolute Gasteiger partial charge is 0.308 e. The van der Waals surface area contributed by atoms with Gasteiger partial charge in [0.25, 0.3) is 0 Å². The SMILES string of the molecule is CC(CCCCC(C)(C)C)COC(=O)C1CCC(C(=O)OCC(C)CCCCC(C)(C)C)CC1. The maximum atomic E-state index is 12.5. The summed E-state index contributed by atoms with van der Waals surface area (Å²) in [5, 5.41) is 0. The molecule has 0 aromatic heterocycles. The molecule has 0 spiro atoms. The molecule has 2 unspecified atom stereocenters. The first-order valence-corrected chi connectivity index (χ1v) is 14.1. The topological polar surface area (TPSA) is 52.6 Å². The van der Waals surface area contributed by atoms with Crippen LogP contribution in [-0.4, -0.2) is 25.2 Å². The molecule has 4 nitrogen and oxygen atoms in total. The molecule has 0 aliphatic heterocycles. The number of hydrogen-bond acceptors (Lipinski definition) is 4. The molecule has 0 heterocycles. The third kappa shape index (κ3) is 15.0. The first-order chi connectivity index (χ1) is 15.8. The minimum Gasteiger partial charge on any atom is -0.465 e. The standard InChI is InChI=1S/C30H56O4/c1-23(13-9-11-19-29(3,4)5)21-33-27(31)25-15-17-26(18-16-25)28(32)34-22-24(2)14-10-12-20-30(6,7)8/h23-26H,9-22H2,1-8H3. The van der Waals surface area contributed by atoms with Gasteiger partial charge in [-0.25, -0.2) is 0 Å². The summed E-state index contributed by atoms with van der Waals surface area (Å²) in [6, 6.07) is 0. The van der Waals surface area contributed by atoms with Crippen LogP contribution in [0.4, 0.5) is 0 Å². The predicted molar refractivity (Wildman–Crippen MR) is 142 cm³/mol. The minimum atomic E-state index is -0.0720. The average Bonchev–Trinajstić information content (AvgIpc) is 2.75. The van der Waals surface area contributed by atoms with Gasteiger partial charge in [0.1, 0.15) is 0 Å². The Morgan fingerprint density at radius 1 is 0.647 bits per heavy atom. The second-order valence-electron chi connectivity index (χ2n) is 13.6. The van der Waals surface area contributed by atoms with E-state index in [1.54, 1.807) is 0 Å². The first kappa shape index (κ1) is 31.0. The number of unbranched alkanes of at least 4 members (excludes halogenated alkanes) is 2. The van der Waals surface area contributed by atoms with Gasteiger partial charge in [-0.3, -0.25) is 9.59 Å². The van der Waals surface area contributed by atoms with Crippen LogP contribution in [0.5, 0.6) is 0 Å². The van der Waals surface area contributed by atoms with E-state index in [2.05, 4.69) is 55.4 Å². The lowest BCUT2D eigenvalue weighted by atomic mass is 9.82. The zero-order valence-corrected chi connectivity index (χ0v) is 23.8. The summed E-state index contributed by atoms with van der Waals surface area (Å²) in [6.45, 7) is 19.1. The first-order valence-electron chi connectivity index (χ1n) is 14.1. The van der Waals surface area contributed by atoms with E-state index in [9.17, 15) is 9.59 Å². The minimum absolute atomic E-state index is 0.0566. The van der Waals surface area contributed by atoms with Crippen molar-refractivity contribution in [3.63, 3.8) is 0 Å². The van der Waals surface area contributed by atoms with Gasteiger partial charge in [-0.2, -0.15) is 0 Å². The van der Waals surface area contributed by atoms with Crippen molar-refractivity contribution in [1.82, 2.24) is 0 Å². The summed E-state index contributed by atoms with van der Waals surface area (Å²) in [5.41, 5.74) is 0.788. The molecule has 0 aromatic carbocycles. The number of carbonyl (C=O) groups is 2. The van der Waals surface area contributed by atoms with E-state index in [4.69, 9.17) is 9.47 Å². The molecule has 1 rings (SSSR count). The molecule has 0 amide bonds. The monoisotopic (exact) mass is 480 g/mol. The molecule has 4 heteroatoms. The van der Waals surface area contributed by atoms with Crippen molar-refractivity contribution in [2.75, 3.05) is 13.2 Å². The molecule has 1 aliphatic rings. The zero-order chi connectivity index (χ0) is 25.8. The Morgan fingerprint density at radius 2 is 0.971 bits per heavy atom. The van der Waals surface area contributed by atoms with Crippen LogP contribution < -0.4 is 0 Å². The molecule has 200 valence electrons. The van der Waals surface area contributed by atoms with Gasteiger partial charge < -0.3 is 9.47 Å². The van der Waals surface area contributed by atoms with Crippen molar-refractivity contribution >= 4 is 11.9 Å². The van der Waals surface area contributed by atoms with Crippen LogP contribution in [0.2, 0.25) is 0 Å². The van der Waals surface area contributed by atoms with E-state index < -0.39 is 0 Å². The van der Waals surface area contributed by atoms with Gasteiger partial charge in [0, 0.05) is 0 Å². The Kier molecular flexibility index (Phi) is 13.8. The van der Waals surface area contributed by atoms with Crippen LogP contribution in [0, 0.1) is 34.5 Å². The Labute approximate surface area is 211 Å². The molecule has 34 heavy (non-hydrogen) atoms. The molecule has 0 aromatic rings. The molecule has 0 N–H and O–H groups in total. The third-order valence-electron chi connectivity index (χ3n) is 7.16. The summed E-state index contributed by atoms with van der Waals surface area (Å²) < 4.78 is 11.3. The van der Waals surface area contributed by atoms with Gasteiger partial charge in [-0.15, -0.1) is 0 Å². The highest BCUT2D eigenvalue weighted by Crippen LogP contribution is 2.31. The molecule has 1 saturated carbocycles. The molecule has 0 bridgehead atoms. The van der Waals surface area contributed by atoms with E-state index in [0.29, 0.717) is 35.9 Å². The van der Waals surface area contributed by atoms with E-state index in [-0.39, 0.29) is 23.8 Å². The molecule has 1 fully saturated rings. The average molecular weight is 481 g/mol. The number of hydrogen-bond donors (Lipinski definition) is 0. The van der Waals surface area contributed by atoms with Crippen LogP contribution >= 0.6 is 0 Å². The molecular formula is C30H56O4. The van der Waals surface area contributed by atoms with Gasteiger partial charge in [0.05, 0.1) is 25.0 Å². The van der Waals surface area contributed by atoms with Crippen LogP contribution in [0.1, 0.15) is 132 Å². The fourth-order valence-corrected chi connectivity index (χ4v) is 4.71. The number of ether oxygens (including phenoxy) is 2. The van der Waals surface area contributed by atoms with Crippen LogP contribution in [0.3, 0.4) is 0 Å². The molecular weight excluding hydrogens is 424 g/mol. The highest BCUT2D eigenvalue weighted by Gasteiger charge is 2.32. The lowest BCUT2D eigenvalue weighted by molar-refractivity contribution is -0.156. The molecule has 0 saturated heterocycles. The Morgan fingerprint density at radius 3 is 1.26 bits per heavy atom. The fourth-order valence-electron chi connectivity index (χ4n) is 4.71. The van der Waals surface area contributed by atoms with E-state index in [1.165, 1.54) is 38.5 Å². The Hall–Kier alpha value is -1.06. The van der Waals surface area contributed by atoms with Crippen molar-refractivity contribution in [3.8, 4) is 0 Å². The Balaban J connectivity index is 2.17. The van der Waals surface area contributed by atoms with Crippen LogP contribution in [-0.2, 0) is 19.1 Å². The normalized spacial score (nSPS) is 21.1. The Bertz CT molecular complexity index is 524. The summed E-state index contributed by atoms with van der Waals surface area (Å²) >= 11 is 0. The maximum Gasteiger partial charge on any atom is 0.308 e. The highest BCUT2D eigenvalue weighted by molar-refractivity contribution is 5.75. The highest BCUT2D eigenvalue weighted by atomic mass is 16.5. The summed E-state index contributed by atoms with van der Waals surface area (Å²) in [6.07, 6.45) is 12.5. The number of esters is 2. The zero-order valence-electron chi connectivity index (χ0n) is 23.8. The lowest BCUT2D eigenvalue weighted by Gasteiger charge is -2.27. The molecule has 1 aliphatic carbocycles. The van der Waals surface area contributed by atoms with Gasteiger partial charge in [-0.1, -0.05) is 81.1 Å². The summed E-state index contributed by atoms with van der Waals surface area (Å²) in [4.78, 5) is 25.0. The number of rotatable bonds is 14. The molecule has 2 atom stereocenters. The van der Waals surface area contributed by atoms with Crippen molar-refractivity contribution < 1.29 is 19.1 Å². The molecule has 0 radical (unpaired) electrons. The second-order valence-corrected chi connectivity index (χ2v) is 13.6. The van der Waals surface area contributed by atoms with Gasteiger partial charge in [-0.05, 0) is 74.0 Å². The van der Waals surface area contributed by atoms with Crippen LogP contribution in [0.25, 0.3) is 0 Å². The van der Waals surface area contributed by atoms with E-state index in [1.807, 2.05) is 0 Å². The van der Waals surface area contributed by atoms with Gasteiger partial charge >= 0.3 is 11.9 Å². The fraction of sp³-hybridized carbons (Fsp3) is 0.933. The van der Waals surface area contributed by atoms with Gasteiger partial charge in [0.2, 0.25) is 0 Å². The van der Waals surface area contributed by atoms with Crippen LogP contribution in [0.15, 0.2) is 0 Å². The van der Waals surface area contributed by atoms with Crippen molar-refractivity contribution in [3.05, 3.63) is 0 Å². The van der Waals surface area contributed by atoms with Crippen molar-refractivity contribution in [2.24, 2.45) is 34.5 Å².